The quantitative estimate of drug-likeness (QED) is 0.718. The Morgan fingerprint density at radius 3 is 2.14 bits per heavy atom. The zero-order valence-electron chi connectivity index (χ0n) is 16.4. The van der Waals surface area contributed by atoms with Gasteiger partial charge in [-0.3, -0.25) is 4.79 Å². The lowest BCUT2D eigenvalue weighted by molar-refractivity contribution is 0.0923. The van der Waals surface area contributed by atoms with Crippen molar-refractivity contribution in [3.8, 4) is 0 Å². The molecule has 1 aliphatic rings. The normalized spacial score (nSPS) is 18.9. The lowest BCUT2D eigenvalue weighted by Crippen LogP contribution is -2.47. The third kappa shape index (κ3) is 5.84. The molecule has 0 aromatic heterocycles. The average Bonchev–Trinajstić information content (AvgIpc) is 2.70. The molecular formula is C23H29N3O2. The highest BCUT2D eigenvalue weighted by atomic mass is 16.2. The van der Waals surface area contributed by atoms with E-state index in [0.29, 0.717) is 6.54 Å². The summed E-state index contributed by atoms with van der Waals surface area (Å²) in [6.07, 6.45) is 4.35. The van der Waals surface area contributed by atoms with E-state index in [4.69, 9.17) is 0 Å². The molecule has 5 heteroatoms. The van der Waals surface area contributed by atoms with Crippen LogP contribution in [0, 0.1) is 6.92 Å². The molecule has 3 amide bonds. The van der Waals surface area contributed by atoms with Gasteiger partial charge in [0.25, 0.3) is 5.91 Å². The van der Waals surface area contributed by atoms with Crippen LogP contribution in [-0.2, 0) is 6.42 Å². The Morgan fingerprint density at radius 1 is 0.857 bits per heavy atom. The molecule has 148 valence electrons. The first-order valence-electron chi connectivity index (χ1n) is 10.1. The maximum atomic E-state index is 12.4. The number of benzene rings is 2. The monoisotopic (exact) mass is 379 g/mol. The van der Waals surface area contributed by atoms with E-state index in [1.807, 2.05) is 49.4 Å². The molecule has 1 fully saturated rings. The average molecular weight is 380 g/mol. The van der Waals surface area contributed by atoms with Gasteiger partial charge in [0.05, 0.1) is 0 Å². The van der Waals surface area contributed by atoms with Gasteiger partial charge in [0.2, 0.25) is 0 Å². The van der Waals surface area contributed by atoms with E-state index in [2.05, 4.69) is 28.1 Å². The van der Waals surface area contributed by atoms with Gasteiger partial charge in [-0.1, -0.05) is 48.5 Å². The Bertz CT molecular complexity index is 783. The fourth-order valence-corrected chi connectivity index (χ4v) is 3.67. The van der Waals surface area contributed by atoms with Gasteiger partial charge in [0, 0.05) is 24.2 Å². The molecule has 2 aromatic carbocycles. The van der Waals surface area contributed by atoms with Crippen molar-refractivity contribution in [2.24, 2.45) is 0 Å². The van der Waals surface area contributed by atoms with Gasteiger partial charge in [-0.25, -0.2) is 4.79 Å². The number of urea groups is 1. The largest absolute Gasteiger partial charge is 0.349 e. The predicted octanol–water partition coefficient (Wildman–Crippen LogP) is 3.58. The number of amides is 3. The van der Waals surface area contributed by atoms with Gasteiger partial charge >= 0.3 is 6.03 Å². The SMILES string of the molecule is Cc1ccccc1C(=O)NC1CCC(NC(=O)NCCc2ccccc2)CC1. The molecule has 0 aliphatic heterocycles. The molecule has 1 saturated carbocycles. The van der Waals surface area contributed by atoms with Gasteiger partial charge in [-0.15, -0.1) is 0 Å². The number of rotatable bonds is 6. The maximum Gasteiger partial charge on any atom is 0.315 e. The second kappa shape index (κ2) is 9.93. The van der Waals surface area contributed by atoms with E-state index < -0.39 is 0 Å². The fraction of sp³-hybridized carbons (Fsp3) is 0.391. The summed E-state index contributed by atoms with van der Waals surface area (Å²) < 4.78 is 0. The van der Waals surface area contributed by atoms with Crippen LogP contribution < -0.4 is 16.0 Å². The van der Waals surface area contributed by atoms with E-state index in [0.717, 1.165) is 43.2 Å². The van der Waals surface area contributed by atoms with Crippen molar-refractivity contribution in [1.29, 1.82) is 0 Å². The molecule has 0 saturated heterocycles. The smallest absolute Gasteiger partial charge is 0.315 e. The fourth-order valence-electron chi connectivity index (χ4n) is 3.67. The zero-order chi connectivity index (χ0) is 19.8. The van der Waals surface area contributed by atoms with Crippen LogP contribution in [0.4, 0.5) is 4.79 Å². The minimum absolute atomic E-state index is 0.00633. The van der Waals surface area contributed by atoms with Crippen molar-refractivity contribution in [2.75, 3.05) is 6.54 Å². The van der Waals surface area contributed by atoms with Gasteiger partial charge in [-0.2, -0.15) is 0 Å². The summed E-state index contributed by atoms with van der Waals surface area (Å²) in [5, 5.41) is 9.12. The third-order valence-corrected chi connectivity index (χ3v) is 5.33. The molecule has 0 bridgehead atoms. The first kappa shape index (κ1) is 19.9. The van der Waals surface area contributed by atoms with Crippen LogP contribution in [0.25, 0.3) is 0 Å². The topological polar surface area (TPSA) is 70.2 Å². The van der Waals surface area contributed by atoms with Crippen LogP contribution in [0.15, 0.2) is 54.6 Å². The van der Waals surface area contributed by atoms with E-state index in [-0.39, 0.29) is 24.0 Å². The van der Waals surface area contributed by atoms with E-state index in [1.54, 1.807) is 0 Å². The van der Waals surface area contributed by atoms with Crippen molar-refractivity contribution in [3.63, 3.8) is 0 Å². The van der Waals surface area contributed by atoms with Crippen molar-refractivity contribution in [1.82, 2.24) is 16.0 Å². The van der Waals surface area contributed by atoms with Gasteiger partial charge in [-0.05, 0) is 56.2 Å². The first-order chi connectivity index (χ1) is 13.6. The second-order valence-electron chi connectivity index (χ2n) is 7.47. The Hall–Kier alpha value is -2.82. The van der Waals surface area contributed by atoms with Crippen LogP contribution in [0.5, 0.6) is 0 Å². The molecule has 0 unspecified atom stereocenters. The van der Waals surface area contributed by atoms with Crippen LogP contribution >= 0.6 is 0 Å². The summed E-state index contributed by atoms with van der Waals surface area (Å²) in [5.74, 6) is -0.00633. The van der Waals surface area contributed by atoms with Crippen molar-refractivity contribution in [2.45, 2.75) is 51.1 Å². The minimum Gasteiger partial charge on any atom is -0.349 e. The second-order valence-corrected chi connectivity index (χ2v) is 7.47. The number of carbonyl (C=O) groups is 2. The molecule has 0 atom stereocenters. The summed E-state index contributed by atoms with van der Waals surface area (Å²) in [6, 6.07) is 18.0. The molecule has 1 aliphatic carbocycles. The predicted molar refractivity (Wildman–Crippen MR) is 111 cm³/mol. The summed E-state index contributed by atoms with van der Waals surface area (Å²) in [5.41, 5.74) is 2.94. The molecule has 0 heterocycles. The van der Waals surface area contributed by atoms with Gasteiger partial charge in [0.15, 0.2) is 0 Å². The van der Waals surface area contributed by atoms with E-state index >= 15 is 0 Å². The lowest BCUT2D eigenvalue weighted by Gasteiger charge is -2.29. The summed E-state index contributed by atoms with van der Waals surface area (Å²) >= 11 is 0. The van der Waals surface area contributed by atoms with Crippen LogP contribution in [0.2, 0.25) is 0 Å². The summed E-state index contributed by atoms with van der Waals surface area (Å²) in [7, 11) is 0. The molecule has 0 radical (unpaired) electrons. The Labute approximate surface area is 166 Å². The first-order valence-corrected chi connectivity index (χ1v) is 10.1. The molecule has 28 heavy (non-hydrogen) atoms. The Balaban J connectivity index is 1.35. The van der Waals surface area contributed by atoms with Crippen LogP contribution in [-0.4, -0.2) is 30.6 Å². The molecule has 3 N–H and O–H groups in total. The van der Waals surface area contributed by atoms with Crippen LogP contribution in [0.3, 0.4) is 0 Å². The molecular weight excluding hydrogens is 350 g/mol. The highest BCUT2D eigenvalue weighted by Crippen LogP contribution is 2.19. The number of hydrogen-bond donors (Lipinski definition) is 3. The zero-order valence-corrected chi connectivity index (χ0v) is 16.4. The van der Waals surface area contributed by atoms with E-state index in [1.165, 1.54) is 5.56 Å². The van der Waals surface area contributed by atoms with Gasteiger partial charge in [0.1, 0.15) is 0 Å². The summed E-state index contributed by atoms with van der Waals surface area (Å²) in [6.45, 7) is 2.57. The van der Waals surface area contributed by atoms with Crippen molar-refractivity contribution < 1.29 is 9.59 Å². The molecule has 3 rings (SSSR count). The molecule has 5 nitrogen and oxygen atoms in total. The molecule has 0 spiro atoms. The van der Waals surface area contributed by atoms with E-state index in [9.17, 15) is 9.59 Å². The highest BCUT2D eigenvalue weighted by Gasteiger charge is 2.24. The van der Waals surface area contributed by atoms with Crippen molar-refractivity contribution in [3.05, 3.63) is 71.3 Å². The number of nitrogens with one attached hydrogen (secondary N) is 3. The van der Waals surface area contributed by atoms with Crippen molar-refractivity contribution >= 4 is 11.9 Å². The summed E-state index contributed by atoms with van der Waals surface area (Å²) in [4.78, 5) is 24.5. The molecule has 2 aromatic rings. The number of carbonyl (C=O) groups excluding carboxylic acids is 2. The number of hydrogen-bond acceptors (Lipinski definition) is 2. The Kier molecular flexibility index (Phi) is 7.06. The minimum atomic E-state index is -0.108. The highest BCUT2D eigenvalue weighted by molar-refractivity contribution is 5.95. The van der Waals surface area contributed by atoms with Gasteiger partial charge < -0.3 is 16.0 Å². The standard InChI is InChI=1S/C23H29N3O2/c1-17-7-5-6-10-21(17)22(27)25-19-11-13-20(14-12-19)26-23(28)24-16-15-18-8-3-2-4-9-18/h2-10,19-20H,11-16H2,1H3,(H,25,27)(H2,24,26,28). The third-order valence-electron chi connectivity index (χ3n) is 5.33. The number of aryl methyl sites for hydroxylation is 1. The van der Waals surface area contributed by atoms with Crippen LogP contribution in [0.1, 0.15) is 47.2 Å². The maximum absolute atomic E-state index is 12.4. The Morgan fingerprint density at radius 2 is 1.46 bits per heavy atom. The lowest BCUT2D eigenvalue weighted by atomic mass is 9.91.